The summed E-state index contributed by atoms with van der Waals surface area (Å²) in [5.41, 5.74) is 3.21. The van der Waals surface area contributed by atoms with E-state index in [1.165, 1.54) is 84.4 Å². The molecule has 0 unspecified atom stereocenters. The summed E-state index contributed by atoms with van der Waals surface area (Å²) in [6.45, 7) is 15.0. The van der Waals surface area contributed by atoms with Gasteiger partial charge in [-0.25, -0.2) is 0 Å². The van der Waals surface area contributed by atoms with Crippen molar-refractivity contribution in [2.75, 3.05) is 18.0 Å². The molecule has 0 fully saturated rings. The number of thiazole rings is 1. The van der Waals surface area contributed by atoms with Crippen molar-refractivity contribution in [3.63, 3.8) is 0 Å². The Morgan fingerprint density at radius 2 is 1.53 bits per heavy atom. The molecular weight excluding hydrogens is 739 g/mol. The Morgan fingerprint density at radius 3 is 2.12 bits per heavy atom. The molecule has 0 amide bonds. The van der Waals surface area contributed by atoms with Crippen molar-refractivity contribution in [2.24, 2.45) is 5.41 Å². The Kier molecular flexibility index (Phi) is 15.5. The third-order valence-corrected chi connectivity index (χ3v) is 13.7. The first-order valence-corrected chi connectivity index (χ1v) is 21.6. The predicted molar refractivity (Wildman–Crippen MR) is 201 cm³/mol. The van der Waals surface area contributed by atoms with Gasteiger partial charge in [0, 0.05) is 0 Å². The van der Waals surface area contributed by atoms with E-state index < -0.39 is 21.2 Å². The van der Waals surface area contributed by atoms with E-state index in [0.29, 0.717) is 23.5 Å². The van der Waals surface area contributed by atoms with Crippen LogP contribution in [0.2, 0.25) is 0 Å². The van der Waals surface area contributed by atoms with Crippen LogP contribution in [0.3, 0.4) is 0 Å². The van der Waals surface area contributed by atoms with Crippen molar-refractivity contribution < 1.29 is 21.2 Å². The van der Waals surface area contributed by atoms with E-state index >= 15 is 0 Å². The Hall–Kier alpha value is -2.84. The van der Waals surface area contributed by atoms with Gasteiger partial charge in [-0.1, -0.05) is 0 Å². The Labute approximate surface area is 308 Å². The molecule has 266 valence electrons. The van der Waals surface area contributed by atoms with Crippen molar-refractivity contribution in [3.05, 3.63) is 65.7 Å². The van der Waals surface area contributed by atoms with E-state index in [2.05, 4.69) is 85.1 Å². The molecule has 0 bridgehead atoms. The number of anilines is 1. The SMILES string of the molecule is CCCCCCCCN(CCCCCCCC)c1nc(-c2ccccc2)c([I-]/C=c2\c(C)c(C#N)c(=O)n3nc(CC(C)(C)CC)nc23)s1. The second-order valence-corrected chi connectivity index (χ2v) is 18.0. The number of nitriles is 1. The number of benzene rings is 1. The molecule has 0 atom stereocenters. The van der Waals surface area contributed by atoms with Gasteiger partial charge in [-0.15, -0.1) is 0 Å². The first-order chi connectivity index (χ1) is 23.7. The van der Waals surface area contributed by atoms with Crippen molar-refractivity contribution >= 4 is 26.2 Å². The van der Waals surface area contributed by atoms with Crippen LogP contribution in [0.15, 0.2) is 35.1 Å². The van der Waals surface area contributed by atoms with Gasteiger partial charge in [-0.05, 0) is 0 Å². The molecule has 0 spiro atoms. The molecule has 3 aromatic heterocycles. The molecule has 4 rings (SSSR count). The number of hydrogen-bond acceptors (Lipinski definition) is 7. The third-order valence-electron chi connectivity index (χ3n) is 9.50. The monoisotopic (exact) mass is 795 g/mol. The zero-order valence-electron chi connectivity index (χ0n) is 30.7. The fourth-order valence-corrected chi connectivity index (χ4v) is 10.2. The van der Waals surface area contributed by atoms with Crippen LogP contribution in [0.25, 0.3) is 21.0 Å². The standard InChI is InChI=1S/C40H56IN6OS/c1-7-10-12-14-16-21-25-46(26-22-17-15-13-11-8-2)39-44-35(31-23-19-18-20-24-31)36(49-39)41-28-32-30(4)33(29-42)38(48)47-37(32)43-34(45-47)27-40(5,6)9-3/h18-20,23-24,28H,7-17,21-22,25-27H2,1-6H3/q-1/b32-28+. The summed E-state index contributed by atoms with van der Waals surface area (Å²) in [6.07, 6.45) is 17.0. The molecule has 0 aliphatic carbocycles. The zero-order valence-corrected chi connectivity index (χ0v) is 33.6. The Morgan fingerprint density at radius 1 is 0.918 bits per heavy atom. The minimum atomic E-state index is -0.682. The van der Waals surface area contributed by atoms with E-state index in [1.807, 2.05) is 18.3 Å². The molecule has 3 heterocycles. The number of pyridine rings is 1. The number of aromatic nitrogens is 4. The zero-order chi connectivity index (χ0) is 35.2. The van der Waals surface area contributed by atoms with Crippen LogP contribution >= 0.6 is 11.3 Å². The second kappa shape index (κ2) is 19.5. The van der Waals surface area contributed by atoms with Gasteiger partial charge in [-0.3, -0.25) is 0 Å². The van der Waals surface area contributed by atoms with E-state index in [9.17, 15) is 10.1 Å². The van der Waals surface area contributed by atoms with Crippen molar-refractivity contribution in [3.8, 4) is 17.3 Å². The van der Waals surface area contributed by atoms with Gasteiger partial charge in [0.25, 0.3) is 0 Å². The van der Waals surface area contributed by atoms with Crippen LogP contribution in [0.4, 0.5) is 5.13 Å². The van der Waals surface area contributed by atoms with Crippen molar-refractivity contribution in [2.45, 2.75) is 131 Å². The first kappa shape index (κ1) is 39.0. The summed E-state index contributed by atoms with van der Waals surface area (Å²) in [4.78, 5) is 26.1. The van der Waals surface area contributed by atoms with E-state index in [4.69, 9.17) is 9.97 Å². The van der Waals surface area contributed by atoms with Crippen LogP contribution in [0, 0.1) is 26.6 Å². The molecule has 1 aromatic carbocycles. The molecule has 7 nitrogen and oxygen atoms in total. The van der Waals surface area contributed by atoms with Crippen molar-refractivity contribution in [1.29, 1.82) is 5.26 Å². The van der Waals surface area contributed by atoms with Crippen LogP contribution in [-0.2, 0) is 6.42 Å². The summed E-state index contributed by atoms with van der Waals surface area (Å²) < 4.78 is 4.88. The number of fused-ring (bicyclic) bond motifs is 1. The third kappa shape index (κ3) is 10.8. The summed E-state index contributed by atoms with van der Waals surface area (Å²) in [5, 5.41) is 16.6. The van der Waals surface area contributed by atoms with E-state index in [-0.39, 0.29) is 16.5 Å². The Balaban J connectivity index is 1.71. The van der Waals surface area contributed by atoms with Crippen LogP contribution in [0.1, 0.15) is 135 Å². The van der Waals surface area contributed by atoms with Crippen LogP contribution < -0.4 is 36.9 Å². The van der Waals surface area contributed by atoms with Gasteiger partial charge in [0.15, 0.2) is 0 Å². The van der Waals surface area contributed by atoms with Gasteiger partial charge < -0.3 is 0 Å². The first-order valence-electron chi connectivity index (χ1n) is 18.5. The average molecular weight is 796 g/mol. The Bertz CT molecular complexity index is 1760. The molecule has 4 aromatic rings. The van der Waals surface area contributed by atoms with Gasteiger partial charge >= 0.3 is 310 Å². The maximum atomic E-state index is 13.3. The normalized spacial score (nSPS) is 12.3. The predicted octanol–water partition coefficient (Wildman–Crippen LogP) is 6.31. The fourth-order valence-electron chi connectivity index (χ4n) is 5.98. The molecule has 0 saturated heterocycles. The van der Waals surface area contributed by atoms with Crippen molar-refractivity contribution in [1.82, 2.24) is 19.6 Å². The number of hydrogen-bond donors (Lipinski definition) is 0. The van der Waals surface area contributed by atoms with Gasteiger partial charge in [0.05, 0.1) is 0 Å². The van der Waals surface area contributed by atoms with Crippen LogP contribution in [-0.4, -0.2) is 32.7 Å². The van der Waals surface area contributed by atoms with Gasteiger partial charge in [-0.2, -0.15) is 0 Å². The van der Waals surface area contributed by atoms with E-state index in [0.717, 1.165) is 41.1 Å². The summed E-state index contributed by atoms with van der Waals surface area (Å²) in [5.74, 6) is 0.649. The molecule has 9 heteroatoms. The van der Waals surface area contributed by atoms with Crippen LogP contribution in [0.5, 0.6) is 0 Å². The molecular formula is C40H56IN6OS-. The number of unbranched alkanes of at least 4 members (excludes halogenated alkanes) is 10. The second-order valence-electron chi connectivity index (χ2n) is 14.0. The molecule has 0 aliphatic heterocycles. The number of rotatable bonds is 21. The number of halogens is 1. The minimum absolute atomic E-state index is 0.0123. The molecule has 0 aliphatic rings. The fraction of sp³-hybridized carbons (Fsp3) is 0.575. The topological polar surface area (TPSA) is 87.2 Å². The summed E-state index contributed by atoms with van der Waals surface area (Å²) >= 11 is 1.15. The molecule has 0 N–H and O–H groups in total. The average Bonchev–Trinajstić information content (AvgIpc) is 3.72. The van der Waals surface area contributed by atoms with E-state index in [1.54, 1.807) is 0 Å². The van der Waals surface area contributed by atoms with Gasteiger partial charge in [0.1, 0.15) is 0 Å². The number of nitrogens with zero attached hydrogens (tertiary/aromatic N) is 6. The summed E-state index contributed by atoms with van der Waals surface area (Å²) in [6, 6.07) is 12.7. The molecule has 0 radical (unpaired) electrons. The maximum absolute atomic E-state index is 13.3. The molecule has 49 heavy (non-hydrogen) atoms. The quantitative estimate of drug-likeness (QED) is 0.0726. The summed E-state index contributed by atoms with van der Waals surface area (Å²) in [7, 11) is 0. The van der Waals surface area contributed by atoms with Gasteiger partial charge in [0.2, 0.25) is 0 Å². The molecule has 0 saturated carbocycles.